The third kappa shape index (κ3) is 4.72. The Kier molecular flexibility index (Phi) is 5.96. The third-order valence-electron chi connectivity index (χ3n) is 2.19. The van der Waals surface area contributed by atoms with Crippen LogP contribution in [-0.2, 0) is 9.53 Å². The van der Waals surface area contributed by atoms with E-state index in [1.165, 1.54) is 7.11 Å². The molecule has 100 valence electrons. The van der Waals surface area contributed by atoms with Gasteiger partial charge in [0.15, 0.2) is 24.7 Å². The van der Waals surface area contributed by atoms with E-state index in [0.717, 1.165) is 5.56 Å². The Morgan fingerprint density at radius 3 is 2.84 bits per heavy atom. The molecule has 1 aromatic carbocycles. The van der Waals surface area contributed by atoms with Crippen LogP contribution >= 0.6 is 0 Å². The van der Waals surface area contributed by atoms with Crippen molar-refractivity contribution in [2.75, 3.05) is 20.3 Å². The molecule has 0 aliphatic carbocycles. The van der Waals surface area contributed by atoms with E-state index in [0.29, 0.717) is 11.5 Å². The van der Waals surface area contributed by atoms with Gasteiger partial charge in [0, 0.05) is 0 Å². The first-order chi connectivity index (χ1) is 9.21. The zero-order chi connectivity index (χ0) is 14.1. The van der Waals surface area contributed by atoms with E-state index < -0.39 is 5.97 Å². The molecule has 0 aliphatic heterocycles. The standard InChI is InChI=1S/C14H15NO4/c1-3-4-11-5-6-12(13(9-11)17-2)19-10-14(16)18-8-7-15/h3-6,9H,8,10H2,1-2H3/b4-3+. The Balaban J connectivity index is 2.68. The van der Waals surface area contributed by atoms with Gasteiger partial charge >= 0.3 is 5.97 Å². The third-order valence-corrected chi connectivity index (χ3v) is 2.19. The van der Waals surface area contributed by atoms with Gasteiger partial charge < -0.3 is 14.2 Å². The molecule has 0 aliphatic rings. The van der Waals surface area contributed by atoms with Crippen molar-refractivity contribution in [2.45, 2.75) is 6.92 Å². The molecule has 0 fully saturated rings. The first kappa shape index (κ1) is 14.6. The van der Waals surface area contributed by atoms with Crippen LogP contribution in [-0.4, -0.2) is 26.3 Å². The molecule has 1 aromatic rings. The zero-order valence-corrected chi connectivity index (χ0v) is 10.9. The summed E-state index contributed by atoms with van der Waals surface area (Å²) in [6.45, 7) is 1.38. The van der Waals surface area contributed by atoms with Gasteiger partial charge in [-0.05, 0) is 24.6 Å². The highest BCUT2D eigenvalue weighted by Gasteiger charge is 2.08. The first-order valence-corrected chi connectivity index (χ1v) is 5.67. The summed E-state index contributed by atoms with van der Waals surface area (Å²) in [7, 11) is 1.52. The van der Waals surface area contributed by atoms with Gasteiger partial charge in [-0.2, -0.15) is 5.26 Å². The van der Waals surface area contributed by atoms with Crippen molar-refractivity contribution >= 4 is 12.0 Å². The number of carbonyl (C=O) groups excluding carboxylic acids is 1. The summed E-state index contributed by atoms with van der Waals surface area (Å²) in [6, 6.07) is 7.07. The molecule has 0 saturated carbocycles. The highest BCUT2D eigenvalue weighted by molar-refractivity contribution is 5.71. The van der Waals surface area contributed by atoms with Crippen molar-refractivity contribution in [3.8, 4) is 17.6 Å². The first-order valence-electron chi connectivity index (χ1n) is 5.67. The van der Waals surface area contributed by atoms with Gasteiger partial charge in [-0.1, -0.05) is 18.2 Å². The molecule has 0 aromatic heterocycles. The van der Waals surface area contributed by atoms with Crippen LogP contribution in [0.1, 0.15) is 12.5 Å². The lowest BCUT2D eigenvalue weighted by atomic mass is 10.2. The summed E-state index contributed by atoms with van der Waals surface area (Å²) in [5.74, 6) is 0.384. The van der Waals surface area contributed by atoms with E-state index in [2.05, 4.69) is 4.74 Å². The van der Waals surface area contributed by atoms with E-state index in [1.807, 2.05) is 25.1 Å². The van der Waals surface area contributed by atoms with Gasteiger partial charge in [0.1, 0.15) is 6.07 Å². The van der Waals surface area contributed by atoms with Crippen molar-refractivity contribution in [2.24, 2.45) is 0 Å². The summed E-state index contributed by atoms with van der Waals surface area (Å²) in [5, 5.41) is 8.27. The van der Waals surface area contributed by atoms with E-state index in [4.69, 9.17) is 14.7 Å². The quantitative estimate of drug-likeness (QED) is 0.734. The Labute approximate surface area is 112 Å². The van der Waals surface area contributed by atoms with Gasteiger partial charge in [-0.25, -0.2) is 4.79 Å². The normalized spacial score (nSPS) is 9.95. The summed E-state index contributed by atoms with van der Waals surface area (Å²) in [6.07, 6.45) is 3.84. The van der Waals surface area contributed by atoms with Gasteiger partial charge in [-0.3, -0.25) is 0 Å². The van der Waals surface area contributed by atoms with Crippen LogP contribution < -0.4 is 9.47 Å². The number of esters is 1. The number of hydrogen-bond donors (Lipinski definition) is 0. The number of carbonyl (C=O) groups is 1. The highest BCUT2D eigenvalue weighted by Crippen LogP contribution is 2.28. The molecule has 0 amide bonds. The monoisotopic (exact) mass is 261 g/mol. The smallest absolute Gasteiger partial charge is 0.345 e. The summed E-state index contributed by atoms with van der Waals surface area (Å²) < 4.78 is 15.0. The average Bonchev–Trinajstić information content (AvgIpc) is 2.43. The van der Waals surface area contributed by atoms with Crippen molar-refractivity contribution in [1.29, 1.82) is 5.26 Å². The van der Waals surface area contributed by atoms with Crippen LogP contribution in [0.3, 0.4) is 0 Å². The second-order valence-corrected chi connectivity index (χ2v) is 3.52. The predicted octanol–water partition coefficient (Wildman–Crippen LogP) is 2.17. The van der Waals surface area contributed by atoms with E-state index >= 15 is 0 Å². The maximum absolute atomic E-state index is 11.2. The van der Waals surface area contributed by atoms with Crippen LogP contribution in [0.25, 0.3) is 6.08 Å². The van der Waals surface area contributed by atoms with E-state index in [-0.39, 0.29) is 13.2 Å². The minimum atomic E-state index is -0.596. The molecular formula is C14H15NO4. The lowest BCUT2D eigenvalue weighted by Crippen LogP contribution is -2.15. The number of nitriles is 1. The number of methoxy groups -OCH3 is 1. The summed E-state index contributed by atoms with van der Waals surface area (Å²) >= 11 is 0. The molecule has 1 rings (SSSR count). The van der Waals surface area contributed by atoms with Crippen molar-refractivity contribution in [1.82, 2.24) is 0 Å². The summed E-state index contributed by atoms with van der Waals surface area (Å²) in [4.78, 5) is 11.2. The lowest BCUT2D eigenvalue weighted by Gasteiger charge is -2.10. The van der Waals surface area contributed by atoms with Crippen molar-refractivity contribution < 1.29 is 19.0 Å². The number of ether oxygens (including phenoxy) is 3. The van der Waals surface area contributed by atoms with Crippen LogP contribution in [0.2, 0.25) is 0 Å². The molecule has 19 heavy (non-hydrogen) atoms. The molecular weight excluding hydrogens is 246 g/mol. The largest absolute Gasteiger partial charge is 0.493 e. The van der Waals surface area contributed by atoms with Crippen LogP contribution in [0.4, 0.5) is 0 Å². The predicted molar refractivity (Wildman–Crippen MR) is 69.8 cm³/mol. The minimum absolute atomic E-state index is 0.263. The fourth-order valence-corrected chi connectivity index (χ4v) is 1.39. The average molecular weight is 261 g/mol. The minimum Gasteiger partial charge on any atom is -0.493 e. The molecule has 0 bridgehead atoms. The molecule has 0 saturated heterocycles. The molecule has 5 nitrogen and oxygen atoms in total. The fraction of sp³-hybridized carbons (Fsp3) is 0.286. The highest BCUT2D eigenvalue weighted by atomic mass is 16.6. The molecule has 5 heteroatoms. The molecule has 0 heterocycles. The Morgan fingerprint density at radius 1 is 1.42 bits per heavy atom. The van der Waals surface area contributed by atoms with Crippen molar-refractivity contribution in [3.63, 3.8) is 0 Å². The molecule has 0 N–H and O–H groups in total. The Morgan fingerprint density at radius 2 is 2.21 bits per heavy atom. The van der Waals surface area contributed by atoms with Crippen molar-refractivity contribution in [3.05, 3.63) is 29.8 Å². The maximum atomic E-state index is 11.2. The van der Waals surface area contributed by atoms with E-state index in [1.54, 1.807) is 18.2 Å². The summed E-state index contributed by atoms with van der Waals surface area (Å²) in [5.41, 5.74) is 0.971. The Hall–Kier alpha value is -2.48. The second kappa shape index (κ2) is 7.77. The molecule has 0 spiro atoms. The van der Waals surface area contributed by atoms with Gasteiger partial charge in [0.05, 0.1) is 7.11 Å². The second-order valence-electron chi connectivity index (χ2n) is 3.52. The Bertz CT molecular complexity index is 503. The van der Waals surface area contributed by atoms with Crippen LogP contribution in [0, 0.1) is 11.3 Å². The number of hydrogen-bond acceptors (Lipinski definition) is 5. The molecule has 0 atom stereocenters. The maximum Gasteiger partial charge on any atom is 0.345 e. The zero-order valence-electron chi connectivity index (χ0n) is 10.9. The topological polar surface area (TPSA) is 68.5 Å². The number of allylic oxidation sites excluding steroid dienone is 1. The lowest BCUT2D eigenvalue weighted by molar-refractivity contribution is -0.144. The van der Waals surface area contributed by atoms with Gasteiger partial charge in [0.25, 0.3) is 0 Å². The van der Waals surface area contributed by atoms with E-state index in [9.17, 15) is 4.79 Å². The molecule has 0 radical (unpaired) electrons. The number of benzene rings is 1. The van der Waals surface area contributed by atoms with Crippen LogP contribution in [0.15, 0.2) is 24.3 Å². The van der Waals surface area contributed by atoms with Crippen LogP contribution in [0.5, 0.6) is 11.5 Å². The van der Waals surface area contributed by atoms with Gasteiger partial charge in [0.2, 0.25) is 0 Å². The fourth-order valence-electron chi connectivity index (χ4n) is 1.39. The SMILES string of the molecule is C/C=C/c1ccc(OCC(=O)OCC#N)c(OC)c1. The number of rotatable bonds is 6. The molecule has 0 unspecified atom stereocenters. The number of nitrogens with zero attached hydrogens (tertiary/aromatic N) is 1. The van der Waals surface area contributed by atoms with Gasteiger partial charge in [-0.15, -0.1) is 0 Å².